The van der Waals surface area contributed by atoms with E-state index in [9.17, 15) is 8.42 Å². The fraction of sp³-hybridized carbons (Fsp3) is 0.500. The number of unbranched alkanes of at least 4 members (excludes halogenated alkanes) is 1. The predicted molar refractivity (Wildman–Crippen MR) is 75.1 cm³/mol. The second kappa shape index (κ2) is 7.09. The van der Waals surface area contributed by atoms with Gasteiger partial charge in [-0.2, -0.15) is 0 Å². The number of hydrogen-bond donors (Lipinski definition) is 2. The molecular weight excluding hydrogens is 272 g/mol. The standard InChI is InChI=1S/C12H19ClN2O2S/c1-10(11-4-6-12(13)7-5-11)15-8-2-3-9-18(14,16)17/h4-7,10,15H,2-3,8-9H2,1H3,(H2,14,16,17). The summed E-state index contributed by atoms with van der Waals surface area (Å²) in [7, 11) is -3.32. The number of halogens is 1. The third-order valence-corrected chi connectivity index (χ3v) is 3.79. The van der Waals surface area contributed by atoms with E-state index >= 15 is 0 Å². The van der Waals surface area contributed by atoms with Gasteiger partial charge in [0, 0.05) is 11.1 Å². The van der Waals surface area contributed by atoms with Crippen molar-refractivity contribution >= 4 is 21.6 Å². The van der Waals surface area contributed by atoms with Crippen molar-refractivity contribution in [1.82, 2.24) is 5.32 Å². The summed E-state index contributed by atoms with van der Waals surface area (Å²) in [4.78, 5) is 0. The molecule has 1 atom stereocenters. The van der Waals surface area contributed by atoms with E-state index in [1.807, 2.05) is 24.3 Å². The third-order valence-electron chi connectivity index (χ3n) is 2.68. The fourth-order valence-electron chi connectivity index (χ4n) is 1.62. The summed E-state index contributed by atoms with van der Waals surface area (Å²) in [5.41, 5.74) is 1.16. The van der Waals surface area contributed by atoms with Gasteiger partial charge < -0.3 is 5.32 Å². The Hall–Kier alpha value is -0.620. The first-order chi connectivity index (χ1) is 8.38. The van der Waals surface area contributed by atoms with E-state index in [2.05, 4.69) is 12.2 Å². The quantitative estimate of drug-likeness (QED) is 0.755. The number of sulfonamides is 1. The Morgan fingerprint density at radius 2 is 1.89 bits per heavy atom. The predicted octanol–water partition coefficient (Wildman–Crippen LogP) is 2.06. The summed E-state index contributed by atoms with van der Waals surface area (Å²) in [6, 6.07) is 7.89. The van der Waals surface area contributed by atoms with E-state index in [1.165, 1.54) is 0 Å². The topological polar surface area (TPSA) is 72.2 Å². The number of nitrogens with two attached hydrogens (primary N) is 1. The molecule has 0 heterocycles. The van der Waals surface area contributed by atoms with Crippen LogP contribution in [0.25, 0.3) is 0 Å². The summed E-state index contributed by atoms with van der Waals surface area (Å²) in [6.07, 6.45) is 1.37. The summed E-state index contributed by atoms with van der Waals surface area (Å²) >= 11 is 5.82. The molecule has 0 fully saturated rings. The molecule has 6 heteroatoms. The molecule has 0 spiro atoms. The molecule has 102 valence electrons. The first kappa shape index (κ1) is 15.4. The van der Waals surface area contributed by atoms with Crippen LogP contribution in [0.15, 0.2) is 24.3 Å². The highest BCUT2D eigenvalue weighted by Crippen LogP contribution is 2.15. The van der Waals surface area contributed by atoms with E-state index in [0.29, 0.717) is 6.42 Å². The zero-order valence-corrected chi connectivity index (χ0v) is 12.0. The van der Waals surface area contributed by atoms with Crippen LogP contribution in [-0.2, 0) is 10.0 Å². The molecule has 0 aliphatic rings. The van der Waals surface area contributed by atoms with E-state index < -0.39 is 10.0 Å². The van der Waals surface area contributed by atoms with Gasteiger partial charge in [-0.05, 0) is 44.0 Å². The Morgan fingerprint density at radius 3 is 2.44 bits per heavy atom. The first-order valence-corrected chi connectivity index (χ1v) is 7.97. The highest BCUT2D eigenvalue weighted by atomic mass is 35.5. The van der Waals surface area contributed by atoms with Gasteiger partial charge in [0.1, 0.15) is 0 Å². The molecule has 18 heavy (non-hydrogen) atoms. The van der Waals surface area contributed by atoms with Gasteiger partial charge in [-0.1, -0.05) is 23.7 Å². The fourth-order valence-corrected chi connectivity index (χ4v) is 2.35. The molecule has 0 bridgehead atoms. The summed E-state index contributed by atoms with van der Waals surface area (Å²) < 4.78 is 21.5. The van der Waals surface area contributed by atoms with Gasteiger partial charge in [-0.25, -0.2) is 13.6 Å². The lowest BCUT2D eigenvalue weighted by Crippen LogP contribution is -2.21. The van der Waals surface area contributed by atoms with Crippen LogP contribution in [-0.4, -0.2) is 20.7 Å². The number of nitrogens with one attached hydrogen (secondary N) is 1. The summed E-state index contributed by atoms with van der Waals surface area (Å²) in [5, 5.41) is 8.97. The molecule has 0 aliphatic carbocycles. The molecule has 0 radical (unpaired) electrons. The van der Waals surface area contributed by atoms with Gasteiger partial charge in [-0.3, -0.25) is 0 Å². The molecule has 1 aromatic carbocycles. The first-order valence-electron chi connectivity index (χ1n) is 5.88. The Labute approximate surface area is 114 Å². The van der Waals surface area contributed by atoms with Crippen LogP contribution < -0.4 is 10.5 Å². The van der Waals surface area contributed by atoms with E-state index in [-0.39, 0.29) is 11.8 Å². The average molecular weight is 291 g/mol. The number of hydrogen-bond acceptors (Lipinski definition) is 3. The highest BCUT2D eigenvalue weighted by molar-refractivity contribution is 7.89. The van der Waals surface area contributed by atoms with Gasteiger partial charge >= 0.3 is 0 Å². The average Bonchev–Trinajstić information content (AvgIpc) is 2.27. The van der Waals surface area contributed by atoms with E-state index in [0.717, 1.165) is 23.6 Å². The van der Waals surface area contributed by atoms with Crippen LogP contribution in [0.1, 0.15) is 31.4 Å². The Bertz CT molecular complexity index is 459. The smallest absolute Gasteiger partial charge is 0.209 e. The van der Waals surface area contributed by atoms with Crippen molar-refractivity contribution in [2.24, 2.45) is 5.14 Å². The maximum Gasteiger partial charge on any atom is 0.209 e. The van der Waals surface area contributed by atoms with Gasteiger partial charge in [0.25, 0.3) is 0 Å². The van der Waals surface area contributed by atoms with Crippen LogP contribution in [0.4, 0.5) is 0 Å². The lowest BCUT2D eigenvalue weighted by atomic mass is 10.1. The van der Waals surface area contributed by atoms with Crippen molar-refractivity contribution in [2.75, 3.05) is 12.3 Å². The van der Waals surface area contributed by atoms with Crippen molar-refractivity contribution < 1.29 is 8.42 Å². The molecule has 0 saturated carbocycles. The second-order valence-electron chi connectivity index (χ2n) is 4.30. The second-order valence-corrected chi connectivity index (χ2v) is 6.47. The monoisotopic (exact) mass is 290 g/mol. The minimum absolute atomic E-state index is 0.0456. The van der Waals surface area contributed by atoms with Crippen molar-refractivity contribution in [3.8, 4) is 0 Å². The maximum absolute atomic E-state index is 10.7. The molecule has 4 nitrogen and oxygen atoms in total. The molecule has 3 N–H and O–H groups in total. The Balaban J connectivity index is 2.25. The zero-order chi connectivity index (χ0) is 13.6. The zero-order valence-electron chi connectivity index (χ0n) is 10.4. The van der Waals surface area contributed by atoms with E-state index in [4.69, 9.17) is 16.7 Å². The van der Waals surface area contributed by atoms with Crippen molar-refractivity contribution in [3.63, 3.8) is 0 Å². The highest BCUT2D eigenvalue weighted by Gasteiger charge is 2.05. The molecule has 0 amide bonds. The molecule has 1 rings (SSSR count). The maximum atomic E-state index is 10.7. The van der Waals surface area contributed by atoms with Gasteiger partial charge in [0.05, 0.1) is 5.75 Å². The molecule has 0 aliphatic heterocycles. The minimum Gasteiger partial charge on any atom is -0.310 e. The Kier molecular flexibility index (Phi) is 6.08. The van der Waals surface area contributed by atoms with Gasteiger partial charge in [0.15, 0.2) is 0 Å². The largest absolute Gasteiger partial charge is 0.310 e. The van der Waals surface area contributed by atoms with Gasteiger partial charge in [0.2, 0.25) is 10.0 Å². The summed E-state index contributed by atoms with van der Waals surface area (Å²) in [6.45, 7) is 2.82. The SMILES string of the molecule is CC(NCCCCS(N)(=O)=O)c1ccc(Cl)cc1. The van der Waals surface area contributed by atoms with Crippen molar-refractivity contribution in [3.05, 3.63) is 34.9 Å². The molecule has 0 aromatic heterocycles. The molecule has 1 unspecified atom stereocenters. The molecule has 0 saturated heterocycles. The third kappa shape index (κ3) is 6.35. The number of primary sulfonamides is 1. The van der Waals surface area contributed by atoms with Crippen LogP contribution in [0, 0.1) is 0 Å². The van der Waals surface area contributed by atoms with Gasteiger partial charge in [-0.15, -0.1) is 0 Å². The normalized spacial score (nSPS) is 13.5. The molecule has 1 aromatic rings. The van der Waals surface area contributed by atoms with Crippen LogP contribution >= 0.6 is 11.6 Å². The van der Waals surface area contributed by atoms with Crippen molar-refractivity contribution in [2.45, 2.75) is 25.8 Å². The lowest BCUT2D eigenvalue weighted by molar-refractivity contribution is 0.550. The summed E-state index contributed by atoms with van der Waals surface area (Å²) in [5.74, 6) is 0.0456. The van der Waals surface area contributed by atoms with Crippen LogP contribution in [0.2, 0.25) is 5.02 Å². The van der Waals surface area contributed by atoms with Crippen molar-refractivity contribution in [1.29, 1.82) is 0 Å². The lowest BCUT2D eigenvalue weighted by Gasteiger charge is -2.14. The number of benzene rings is 1. The van der Waals surface area contributed by atoms with Crippen LogP contribution in [0.3, 0.4) is 0 Å². The minimum atomic E-state index is -3.32. The van der Waals surface area contributed by atoms with E-state index in [1.54, 1.807) is 0 Å². The molecular formula is C12H19ClN2O2S. The number of rotatable bonds is 7. The van der Waals surface area contributed by atoms with Crippen LogP contribution in [0.5, 0.6) is 0 Å². The Morgan fingerprint density at radius 1 is 1.28 bits per heavy atom.